The molecule has 5 rings (SSSR count). The second-order valence-corrected chi connectivity index (χ2v) is 9.19. The molecule has 0 bridgehead atoms. The third kappa shape index (κ3) is 4.67. The van der Waals surface area contributed by atoms with Gasteiger partial charge in [0.15, 0.2) is 17.3 Å². The van der Waals surface area contributed by atoms with Crippen LogP contribution in [0.5, 0.6) is 0 Å². The molecule has 11 heteroatoms. The normalized spacial score (nSPS) is 25.4. The Kier molecular flexibility index (Phi) is 6.30. The maximum absolute atomic E-state index is 14.4. The van der Waals surface area contributed by atoms with E-state index in [1.807, 2.05) is 0 Å². The third-order valence-corrected chi connectivity index (χ3v) is 6.74. The highest BCUT2D eigenvalue weighted by Crippen LogP contribution is 2.36. The highest BCUT2D eigenvalue weighted by atomic mass is 19.1. The topological polar surface area (TPSA) is 108 Å². The number of aromatic nitrogens is 4. The summed E-state index contributed by atoms with van der Waals surface area (Å²) >= 11 is 0. The molecule has 0 aliphatic heterocycles. The number of fused-ring (bicyclic) bond motifs is 1. The first-order valence-corrected chi connectivity index (χ1v) is 11.7. The molecule has 4 N–H and O–H groups in total. The van der Waals surface area contributed by atoms with Gasteiger partial charge in [0.25, 0.3) is 0 Å². The molecule has 0 atom stereocenters. The summed E-state index contributed by atoms with van der Waals surface area (Å²) in [7, 11) is 0. The quantitative estimate of drug-likeness (QED) is 0.438. The van der Waals surface area contributed by atoms with Crippen molar-refractivity contribution in [3.8, 4) is 0 Å². The number of aliphatic hydroxyl groups excluding tert-OH is 2. The molecule has 34 heavy (non-hydrogen) atoms. The zero-order valence-electron chi connectivity index (χ0n) is 18.5. The molecule has 2 aromatic heterocycles. The smallest absolute Gasteiger partial charge is 0.224 e. The molecule has 8 nitrogen and oxygen atoms in total. The van der Waals surface area contributed by atoms with Crippen LogP contribution in [0.1, 0.15) is 57.4 Å². The number of imidazole rings is 1. The SMILES string of the molecule is O[C@H]1CC[C@H](Nc2ncc3nc(Nc4c(F)cc(F)cc4F)n([C@H]4CC[C@@H](O)CC4)c3n2)CC1. The van der Waals surface area contributed by atoms with Gasteiger partial charge >= 0.3 is 0 Å². The summed E-state index contributed by atoms with van der Waals surface area (Å²) in [6, 6.07) is 1.26. The first kappa shape index (κ1) is 22.9. The van der Waals surface area contributed by atoms with Crippen molar-refractivity contribution in [2.75, 3.05) is 10.6 Å². The van der Waals surface area contributed by atoms with E-state index in [0.717, 1.165) is 12.8 Å². The van der Waals surface area contributed by atoms with Gasteiger partial charge in [0.05, 0.1) is 18.4 Å². The van der Waals surface area contributed by atoms with Crippen LogP contribution in [-0.2, 0) is 0 Å². The Balaban J connectivity index is 1.51. The van der Waals surface area contributed by atoms with Crippen LogP contribution in [0.15, 0.2) is 18.3 Å². The van der Waals surface area contributed by atoms with E-state index >= 15 is 0 Å². The minimum atomic E-state index is -1.07. The van der Waals surface area contributed by atoms with Gasteiger partial charge in [-0.2, -0.15) is 4.98 Å². The van der Waals surface area contributed by atoms with Crippen molar-refractivity contribution in [3.05, 3.63) is 35.8 Å². The lowest BCUT2D eigenvalue weighted by molar-refractivity contribution is 0.112. The number of anilines is 3. The van der Waals surface area contributed by atoms with Gasteiger partial charge in [-0.25, -0.2) is 23.1 Å². The van der Waals surface area contributed by atoms with Crippen LogP contribution in [0.2, 0.25) is 0 Å². The van der Waals surface area contributed by atoms with Gasteiger partial charge in [-0.15, -0.1) is 0 Å². The van der Waals surface area contributed by atoms with E-state index in [4.69, 9.17) is 0 Å². The van der Waals surface area contributed by atoms with E-state index in [2.05, 4.69) is 25.6 Å². The lowest BCUT2D eigenvalue weighted by atomic mass is 9.93. The molecular weight excluding hydrogens is 449 g/mol. The molecular formula is C23H27F3N6O2. The molecule has 2 heterocycles. The van der Waals surface area contributed by atoms with Crippen molar-refractivity contribution < 1.29 is 23.4 Å². The van der Waals surface area contributed by atoms with Crippen LogP contribution in [0.4, 0.5) is 30.8 Å². The van der Waals surface area contributed by atoms with Crippen LogP contribution in [0.3, 0.4) is 0 Å². The van der Waals surface area contributed by atoms with Crippen molar-refractivity contribution in [2.45, 2.75) is 75.7 Å². The molecule has 2 aliphatic carbocycles. The summed E-state index contributed by atoms with van der Waals surface area (Å²) in [5.74, 6) is -2.55. The lowest BCUT2D eigenvalue weighted by Gasteiger charge is -2.28. The zero-order chi connectivity index (χ0) is 23.8. The Labute approximate surface area is 194 Å². The Morgan fingerprint density at radius 3 is 2.12 bits per heavy atom. The maximum Gasteiger partial charge on any atom is 0.224 e. The molecule has 182 valence electrons. The van der Waals surface area contributed by atoms with Gasteiger partial charge in [-0.1, -0.05) is 0 Å². The van der Waals surface area contributed by atoms with Crippen molar-refractivity contribution in [3.63, 3.8) is 0 Å². The number of halogens is 3. The number of hydrogen-bond acceptors (Lipinski definition) is 7. The number of rotatable bonds is 5. The largest absolute Gasteiger partial charge is 0.393 e. The van der Waals surface area contributed by atoms with Gasteiger partial charge < -0.3 is 20.8 Å². The second-order valence-electron chi connectivity index (χ2n) is 9.19. The average Bonchev–Trinajstić information content (AvgIpc) is 3.16. The number of nitrogens with zero attached hydrogens (tertiary/aromatic N) is 4. The van der Waals surface area contributed by atoms with Crippen LogP contribution in [0.25, 0.3) is 11.2 Å². The van der Waals surface area contributed by atoms with Gasteiger partial charge in [0.1, 0.15) is 17.0 Å². The number of aliphatic hydroxyl groups is 2. The van der Waals surface area contributed by atoms with Crippen LogP contribution in [0, 0.1) is 17.5 Å². The maximum atomic E-state index is 14.4. The van der Waals surface area contributed by atoms with Crippen molar-refractivity contribution in [1.29, 1.82) is 0 Å². The van der Waals surface area contributed by atoms with Crippen molar-refractivity contribution in [1.82, 2.24) is 19.5 Å². The molecule has 3 aromatic rings. The first-order valence-electron chi connectivity index (χ1n) is 11.7. The fourth-order valence-electron chi connectivity index (χ4n) is 4.89. The summed E-state index contributed by atoms with van der Waals surface area (Å²) in [6.07, 6.45) is 6.39. The Morgan fingerprint density at radius 2 is 1.47 bits per heavy atom. The van der Waals surface area contributed by atoms with E-state index in [1.54, 1.807) is 10.8 Å². The molecule has 2 aliphatic rings. The van der Waals surface area contributed by atoms with Gasteiger partial charge in [0, 0.05) is 24.2 Å². The fraction of sp³-hybridized carbons (Fsp3) is 0.522. The van der Waals surface area contributed by atoms with E-state index in [9.17, 15) is 23.4 Å². The minimum Gasteiger partial charge on any atom is -0.393 e. The van der Waals surface area contributed by atoms with Gasteiger partial charge in [-0.05, 0) is 51.4 Å². The first-order chi connectivity index (χ1) is 16.4. The molecule has 2 saturated carbocycles. The Morgan fingerprint density at radius 1 is 0.853 bits per heavy atom. The highest BCUT2D eigenvalue weighted by molar-refractivity contribution is 5.76. The molecule has 1 aromatic carbocycles. The summed E-state index contributed by atoms with van der Waals surface area (Å²) in [5, 5.41) is 25.7. The number of hydrogen-bond donors (Lipinski definition) is 4. The van der Waals surface area contributed by atoms with Crippen molar-refractivity contribution in [2.24, 2.45) is 0 Å². The molecule has 0 unspecified atom stereocenters. The Hall–Kier alpha value is -2.92. The Bertz CT molecular complexity index is 1150. The van der Waals surface area contributed by atoms with E-state index in [-0.39, 0.29) is 30.2 Å². The predicted octanol–water partition coefficient (Wildman–Crippen LogP) is 4.18. The molecule has 2 fully saturated rings. The van der Waals surface area contributed by atoms with E-state index in [1.165, 1.54) is 0 Å². The van der Waals surface area contributed by atoms with Gasteiger partial charge in [0.2, 0.25) is 11.9 Å². The molecule has 0 saturated heterocycles. The molecule has 0 spiro atoms. The molecule has 0 radical (unpaired) electrons. The van der Waals surface area contributed by atoms with E-state index < -0.39 is 23.1 Å². The number of nitrogens with one attached hydrogen (secondary N) is 2. The molecule has 0 amide bonds. The number of benzene rings is 1. The predicted molar refractivity (Wildman–Crippen MR) is 120 cm³/mol. The standard InChI is InChI=1S/C23H27F3N6O2/c24-12-9-17(25)20(18(26)10-12)30-23-29-19-11-27-22(28-13-1-5-15(33)6-2-13)31-21(19)32(23)14-3-7-16(34)8-4-14/h9-11,13-16,33-34H,1-8H2,(H,29,30)(H,27,28,31)/t13-,14-,15-,16+. The summed E-state index contributed by atoms with van der Waals surface area (Å²) in [5.41, 5.74) is 0.446. The zero-order valence-corrected chi connectivity index (χ0v) is 18.5. The second kappa shape index (κ2) is 9.38. The summed E-state index contributed by atoms with van der Waals surface area (Å²) < 4.78 is 43.9. The van der Waals surface area contributed by atoms with Crippen molar-refractivity contribution >= 4 is 28.7 Å². The average molecular weight is 477 g/mol. The fourth-order valence-corrected chi connectivity index (χ4v) is 4.89. The summed E-state index contributed by atoms with van der Waals surface area (Å²) in [4.78, 5) is 13.5. The summed E-state index contributed by atoms with van der Waals surface area (Å²) in [6.45, 7) is 0. The highest BCUT2D eigenvalue weighted by Gasteiger charge is 2.27. The van der Waals surface area contributed by atoms with Crippen LogP contribution < -0.4 is 10.6 Å². The lowest BCUT2D eigenvalue weighted by Crippen LogP contribution is -2.29. The minimum absolute atomic E-state index is 0.102. The van der Waals surface area contributed by atoms with Crippen LogP contribution >= 0.6 is 0 Å². The third-order valence-electron chi connectivity index (χ3n) is 6.74. The van der Waals surface area contributed by atoms with Gasteiger partial charge in [-0.3, -0.25) is 4.57 Å². The van der Waals surface area contributed by atoms with Crippen LogP contribution in [-0.4, -0.2) is 48.0 Å². The van der Waals surface area contributed by atoms with E-state index in [0.29, 0.717) is 67.8 Å². The monoisotopic (exact) mass is 476 g/mol.